The predicted molar refractivity (Wildman–Crippen MR) is 183 cm³/mol. The van der Waals surface area contributed by atoms with Crippen LogP contribution in [-0.4, -0.2) is 44.1 Å². The fourth-order valence-electron chi connectivity index (χ4n) is 3.91. The van der Waals surface area contributed by atoms with Crippen molar-refractivity contribution < 1.29 is 9.59 Å². The number of unbranched alkanes of at least 4 members (excludes halogenated alkanes) is 4. The van der Waals surface area contributed by atoms with E-state index in [4.69, 9.17) is 0 Å². The first-order valence-electron chi connectivity index (χ1n) is 15.0. The van der Waals surface area contributed by atoms with E-state index in [2.05, 4.69) is 52.4 Å². The molecule has 1 heterocycles. The molecular weight excluding hydrogens is 582 g/mol. The van der Waals surface area contributed by atoms with Crippen LogP contribution in [0.4, 0.5) is 11.4 Å². The molecule has 1 N–H and O–H groups in total. The minimum Gasteiger partial charge on any atom is -0.388 e. The highest BCUT2D eigenvalue weighted by Crippen LogP contribution is 2.31. The van der Waals surface area contributed by atoms with Crippen molar-refractivity contribution in [2.45, 2.75) is 105 Å². The zero-order valence-electron chi connectivity index (χ0n) is 26.9. The maximum Gasteiger partial charge on any atom is 0.214 e. The van der Waals surface area contributed by atoms with Gasteiger partial charge in [0.1, 0.15) is 0 Å². The lowest BCUT2D eigenvalue weighted by Gasteiger charge is -2.16. The van der Waals surface area contributed by atoms with E-state index in [0.717, 1.165) is 47.2 Å². The van der Waals surface area contributed by atoms with E-state index in [0.29, 0.717) is 6.54 Å². The number of hydrogen-bond acceptors (Lipinski definition) is 4. The van der Waals surface area contributed by atoms with Gasteiger partial charge in [-0.05, 0) is 66.5 Å². The van der Waals surface area contributed by atoms with Crippen LogP contribution in [0.3, 0.4) is 0 Å². The fourth-order valence-corrected chi connectivity index (χ4v) is 5.23. The Bertz CT molecular complexity index is 940. The molecule has 0 fully saturated rings. The highest BCUT2D eigenvalue weighted by molar-refractivity contribution is 9.10. The number of carbonyl (C=O) groups is 2. The third-order valence-electron chi connectivity index (χ3n) is 5.88. The quantitative estimate of drug-likeness (QED) is 0.143. The van der Waals surface area contributed by atoms with Gasteiger partial charge in [-0.2, -0.15) is 0 Å². The predicted octanol–water partition coefficient (Wildman–Crippen LogP) is 9.73. The van der Waals surface area contributed by atoms with Gasteiger partial charge in [-0.1, -0.05) is 96.1 Å². The molecule has 7 heteroatoms. The van der Waals surface area contributed by atoms with E-state index in [1.165, 1.54) is 53.9 Å². The SMILES string of the molecule is CC.CC.CC.CCCCCCCSc1ccc2c(c1)CCN2C=O.CNc1cc(Br)c(C)cc1CN(C)C=O. The summed E-state index contributed by atoms with van der Waals surface area (Å²) in [6.45, 7) is 17.7. The summed E-state index contributed by atoms with van der Waals surface area (Å²) in [5.41, 5.74) is 5.75. The molecule has 1 aliphatic heterocycles. The molecule has 2 amide bonds. The smallest absolute Gasteiger partial charge is 0.214 e. The van der Waals surface area contributed by atoms with Crippen LogP contribution in [0.5, 0.6) is 0 Å². The average Bonchev–Trinajstić information content (AvgIpc) is 3.42. The molecule has 0 radical (unpaired) electrons. The van der Waals surface area contributed by atoms with Crippen molar-refractivity contribution >= 4 is 51.9 Å². The number of fused-ring (bicyclic) bond motifs is 1. The number of anilines is 2. The summed E-state index contributed by atoms with van der Waals surface area (Å²) in [4.78, 5) is 26.2. The molecule has 0 saturated carbocycles. The molecule has 0 spiro atoms. The molecule has 2 aromatic carbocycles. The Morgan fingerprint density at radius 1 is 1.00 bits per heavy atom. The number of rotatable bonds is 12. The summed E-state index contributed by atoms with van der Waals surface area (Å²) in [6.07, 6.45) is 9.47. The number of halogens is 1. The first-order valence-corrected chi connectivity index (χ1v) is 16.8. The molecular formula is C33H56BrN3O2S. The lowest BCUT2D eigenvalue weighted by molar-refractivity contribution is -0.117. The van der Waals surface area contributed by atoms with Crippen molar-refractivity contribution in [2.24, 2.45) is 0 Å². The van der Waals surface area contributed by atoms with Crippen molar-refractivity contribution in [2.75, 3.05) is 36.6 Å². The van der Waals surface area contributed by atoms with E-state index >= 15 is 0 Å². The number of nitrogens with zero attached hydrogens (tertiary/aromatic N) is 2. The Balaban J connectivity index is 0. The van der Waals surface area contributed by atoms with Gasteiger partial charge in [0.2, 0.25) is 12.8 Å². The molecule has 228 valence electrons. The number of carbonyl (C=O) groups excluding carboxylic acids is 2. The van der Waals surface area contributed by atoms with Gasteiger partial charge in [-0.3, -0.25) is 9.59 Å². The zero-order chi connectivity index (χ0) is 30.9. The second-order valence-electron chi connectivity index (χ2n) is 8.63. The number of hydrogen-bond donors (Lipinski definition) is 1. The molecule has 2 aromatic rings. The van der Waals surface area contributed by atoms with Gasteiger partial charge < -0.3 is 15.1 Å². The number of nitrogens with one attached hydrogen (secondary N) is 1. The first kappa shape index (κ1) is 40.2. The number of thioether (sulfide) groups is 1. The van der Waals surface area contributed by atoms with Crippen LogP contribution in [0.25, 0.3) is 0 Å². The van der Waals surface area contributed by atoms with Gasteiger partial charge in [0, 0.05) is 47.9 Å². The molecule has 0 unspecified atom stereocenters. The normalized spacial score (nSPS) is 10.6. The number of aryl methyl sites for hydroxylation is 1. The average molecular weight is 639 g/mol. The molecule has 3 rings (SSSR count). The Kier molecular flexibility index (Phi) is 26.0. The lowest BCUT2D eigenvalue weighted by atomic mass is 10.1. The Morgan fingerprint density at radius 2 is 1.65 bits per heavy atom. The Labute approximate surface area is 259 Å². The third kappa shape index (κ3) is 15.1. The standard InChI is InChI=1S/C16H23NOS.C11H15BrN2O.3C2H6/c1-2-3-4-5-6-11-19-15-7-8-16-14(12-15)9-10-17(16)13-18;1-8-4-9(6-14(3)7-15)11(13-2)5-10(8)12;3*1-2/h7-8,12-13H,2-6,9-11H2,1H3;4-5,7,13H,6H2,1-3H3;3*1-2H3. The second-order valence-corrected chi connectivity index (χ2v) is 10.7. The molecule has 1 aliphatic rings. The summed E-state index contributed by atoms with van der Waals surface area (Å²) in [5, 5.41) is 3.12. The van der Waals surface area contributed by atoms with Crippen molar-refractivity contribution in [1.29, 1.82) is 0 Å². The number of amides is 2. The van der Waals surface area contributed by atoms with E-state index in [9.17, 15) is 9.59 Å². The fraction of sp³-hybridized carbons (Fsp3) is 0.576. The van der Waals surface area contributed by atoms with Crippen LogP contribution in [0.15, 0.2) is 39.7 Å². The topological polar surface area (TPSA) is 52.7 Å². The first-order chi connectivity index (χ1) is 19.4. The van der Waals surface area contributed by atoms with Crippen LogP contribution in [0.2, 0.25) is 0 Å². The minimum atomic E-state index is 0.619. The van der Waals surface area contributed by atoms with Crippen LogP contribution in [-0.2, 0) is 22.6 Å². The molecule has 5 nitrogen and oxygen atoms in total. The van der Waals surface area contributed by atoms with Gasteiger partial charge in [0.25, 0.3) is 0 Å². The van der Waals surface area contributed by atoms with E-state index in [1.54, 1.807) is 16.8 Å². The van der Waals surface area contributed by atoms with Crippen molar-refractivity contribution in [3.63, 3.8) is 0 Å². The van der Waals surface area contributed by atoms with Gasteiger partial charge in [0.05, 0.1) is 0 Å². The highest BCUT2D eigenvalue weighted by atomic mass is 79.9. The highest BCUT2D eigenvalue weighted by Gasteiger charge is 2.18. The van der Waals surface area contributed by atoms with Crippen molar-refractivity contribution in [3.8, 4) is 0 Å². The Morgan fingerprint density at radius 3 is 2.23 bits per heavy atom. The van der Waals surface area contributed by atoms with E-state index < -0.39 is 0 Å². The van der Waals surface area contributed by atoms with Gasteiger partial charge >= 0.3 is 0 Å². The Hall–Kier alpha value is -1.99. The van der Waals surface area contributed by atoms with Crippen LogP contribution in [0.1, 0.15) is 97.3 Å². The molecule has 0 saturated heterocycles. The summed E-state index contributed by atoms with van der Waals surface area (Å²) in [6, 6.07) is 10.6. The monoisotopic (exact) mass is 637 g/mol. The van der Waals surface area contributed by atoms with Crippen LogP contribution < -0.4 is 10.2 Å². The molecule has 0 aliphatic carbocycles. The third-order valence-corrected chi connectivity index (χ3v) is 7.81. The zero-order valence-corrected chi connectivity index (χ0v) is 29.3. The number of benzene rings is 2. The van der Waals surface area contributed by atoms with Gasteiger partial charge in [-0.15, -0.1) is 11.8 Å². The molecule has 0 atom stereocenters. The van der Waals surface area contributed by atoms with E-state index in [1.807, 2.05) is 73.3 Å². The summed E-state index contributed by atoms with van der Waals surface area (Å²) in [5.74, 6) is 1.21. The van der Waals surface area contributed by atoms with Crippen molar-refractivity contribution in [1.82, 2.24) is 4.90 Å². The summed E-state index contributed by atoms with van der Waals surface area (Å²) in [7, 11) is 3.64. The second kappa shape index (κ2) is 25.9. The van der Waals surface area contributed by atoms with Crippen LogP contribution in [0, 0.1) is 6.92 Å². The van der Waals surface area contributed by atoms with Gasteiger partial charge in [0.15, 0.2) is 0 Å². The molecule has 0 bridgehead atoms. The van der Waals surface area contributed by atoms with Crippen molar-refractivity contribution in [3.05, 3.63) is 51.5 Å². The van der Waals surface area contributed by atoms with Crippen LogP contribution >= 0.6 is 27.7 Å². The van der Waals surface area contributed by atoms with E-state index in [-0.39, 0.29) is 0 Å². The minimum absolute atomic E-state index is 0.619. The lowest BCUT2D eigenvalue weighted by Crippen LogP contribution is -2.17. The molecule has 0 aromatic heterocycles. The largest absolute Gasteiger partial charge is 0.388 e. The summed E-state index contributed by atoms with van der Waals surface area (Å²) >= 11 is 5.43. The maximum atomic E-state index is 10.9. The van der Waals surface area contributed by atoms with Gasteiger partial charge in [-0.25, -0.2) is 0 Å². The molecule has 40 heavy (non-hydrogen) atoms. The maximum absolute atomic E-state index is 10.9. The summed E-state index contributed by atoms with van der Waals surface area (Å²) < 4.78 is 1.07.